The molecule has 1 aliphatic heterocycles. The van der Waals surface area contributed by atoms with Gasteiger partial charge in [0.2, 0.25) is 0 Å². The Labute approximate surface area is 115 Å². The predicted octanol–water partition coefficient (Wildman–Crippen LogP) is 3.53. The number of ether oxygens (including phenoxy) is 1. The molecule has 3 aliphatic rings. The zero-order chi connectivity index (χ0) is 14.0. The van der Waals surface area contributed by atoms with Crippen molar-refractivity contribution in [1.82, 2.24) is 0 Å². The molecule has 2 heteroatoms. The molecule has 0 N–H and O–H groups in total. The summed E-state index contributed by atoms with van der Waals surface area (Å²) in [5.41, 5.74) is 1.13. The zero-order valence-electron chi connectivity index (χ0n) is 12.4. The molecule has 0 aromatic rings. The van der Waals surface area contributed by atoms with Crippen molar-refractivity contribution in [3.05, 3.63) is 24.3 Å². The highest BCUT2D eigenvalue weighted by Crippen LogP contribution is 2.64. The average Bonchev–Trinajstić information content (AvgIpc) is 3.14. The Morgan fingerprint density at radius 1 is 1.53 bits per heavy atom. The molecular formula is C17H24O2. The second-order valence-corrected chi connectivity index (χ2v) is 7.15. The van der Waals surface area contributed by atoms with E-state index in [1.54, 1.807) is 0 Å². The van der Waals surface area contributed by atoms with Crippen LogP contribution in [0.1, 0.15) is 40.5 Å². The van der Waals surface area contributed by atoms with Crippen LogP contribution in [0.4, 0.5) is 0 Å². The molecule has 5 atom stereocenters. The first-order chi connectivity index (χ1) is 8.87. The number of epoxide rings is 1. The van der Waals surface area contributed by atoms with E-state index in [9.17, 15) is 4.79 Å². The maximum absolute atomic E-state index is 13.0. The Morgan fingerprint density at radius 2 is 2.21 bits per heavy atom. The van der Waals surface area contributed by atoms with Gasteiger partial charge in [0.05, 0.1) is 6.10 Å². The molecule has 0 radical (unpaired) electrons. The summed E-state index contributed by atoms with van der Waals surface area (Å²) >= 11 is 0. The molecule has 1 saturated carbocycles. The molecule has 3 rings (SSSR count). The normalized spacial score (nSPS) is 46.9. The number of Topliss-reactive ketones (excluding diaryl/α,β-unsaturated/α-hetero) is 1. The second-order valence-electron chi connectivity index (χ2n) is 7.15. The molecular weight excluding hydrogens is 236 g/mol. The lowest BCUT2D eigenvalue weighted by Gasteiger charge is -2.54. The van der Waals surface area contributed by atoms with Crippen molar-refractivity contribution in [2.24, 2.45) is 22.7 Å². The first kappa shape index (κ1) is 13.1. The van der Waals surface area contributed by atoms with Gasteiger partial charge in [-0.25, -0.2) is 0 Å². The molecule has 0 bridgehead atoms. The van der Waals surface area contributed by atoms with Crippen LogP contribution >= 0.6 is 0 Å². The lowest BCUT2D eigenvalue weighted by atomic mass is 9.47. The van der Waals surface area contributed by atoms with Gasteiger partial charge in [-0.2, -0.15) is 0 Å². The number of allylic oxidation sites excluding steroid dienone is 3. The van der Waals surface area contributed by atoms with E-state index in [0.717, 1.165) is 12.8 Å². The SMILES string of the molecule is C=CC[C@]12C(=O)[C@H]3O[C@H]3C(C)(C)[C@H]1CC=C(C)[C@H]2C. The second kappa shape index (κ2) is 3.82. The number of hydrogen-bond donors (Lipinski definition) is 0. The summed E-state index contributed by atoms with van der Waals surface area (Å²) in [4.78, 5) is 13.0. The maximum Gasteiger partial charge on any atom is 0.171 e. The van der Waals surface area contributed by atoms with Crippen LogP contribution in [0.2, 0.25) is 0 Å². The van der Waals surface area contributed by atoms with E-state index in [4.69, 9.17) is 4.74 Å². The summed E-state index contributed by atoms with van der Waals surface area (Å²) < 4.78 is 5.75. The van der Waals surface area contributed by atoms with Crippen molar-refractivity contribution in [1.29, 1.82) is 0 Å². The fraction of sp³-hybridized carbons (Fsp3) is 0.706. The number of hydrogen-bond acceptors (Lipinski definition) is 2. The molecule has 0 aromatic carbocycles. The highest BCUT2D eigenvalue weighted by atomic mass is 16.6. The average molecular weight is 260 g/mol. The number of fused-ring (bicyclic) bond motifs is 2. The number of carbonyl (C=O) groups excluding carboxylic acids is 1. The molecule has 19 heavy (non-hydrogen) atoms. The van der Waals surface area contributed by atoms with Gasteiger partial charge in [-0.1, -0.05) is 38.5 Å². The molecule has 0 unspecified atom stereocenters. The van der Waals surface area contributed by atoms with Crippen LogP contribution in [0.5, 0.6) is 0 Å². The highest BCUT2D eigenvalue weighted by molar-refractivity contribution is 5.94. The van der Waals surface area contributed by atoms with Gasteiger partial charge < -0.3 is 4.74 Å². The zero-order valence-corrected chi connectivity index (χ0v) is 12.4. The Balaban J connectivity index is 2.15. The van der Waals surface area contributed by atoms with E-state index >= 15 is 0 Å². The Kier molecular flexibility index (Phi) is 2.63. The van der Waals surface area contributed by atoms with Crippen molar-refractivity contribution in [2.45, 2.75) is 52.7 Å². The third-order valence-electron chi connectivity index (χ3n) is 6.08. The third-order valence-corrected chi connectivity index (χ3v) is 6.08. The van der Waals surface area contributed by atoms with Gasteiger partial charge in [0.15, 0.2) is 5.78 Å². The predicted molar refractivity (Wildman–Crippen MR) is 75.7 cm³/mol. The topological polar surface area (TPSA) is 29.6 Å². The van der Waals surface area contributed by atoms with Crippen molar-refractivity contribution in [2.75, 3.05) is 0 Å². The molecule has 104 valence electrons. The molecule has 0 aromatic heterocycles. The van der Waals surface area contributed by atoms with E-state index in [0.29, 0.717) is 17.6 Å². The summed E-state index contributed by atoms with van der Waals surface area (Å²) in [7, 11) is 0. The van der Waals surface area contributed by atoms with Crippen LogP contribution in [0, 0.1) is 22.7 Å². The van der Waals surface area contributed by atoms with Gasteiger partial charge in [0, 0.05) is 5.41 Å². The summed E-state index contributed by atoms with van der Waals surface area (Å²) in [5.74, 6) is 0.996. The van der Waals surface area contributed by atoms with Crippen LogP contribution in [0.15, 0.2) is 24.3 Å². The monoisotopic (exact) mass is 260 g/mol. The molecule has 1 saturated heterocycles. The standard InChI is InChI=1S/C17H24O2/c1-6-9-17-11(3)10(2)7-8-12(17)16(4,5)15-13(19-15)14(17)18/h6-7,11-13,15H,1,8-9H2,2-5H3/t11-,12-,13-,15-,17-/m1/s1. The van der Waals surface area contributed by atoms with Crippen molar-refractivity contribution < 1.29 is 9.53 Å². The molecule has 2 aliphatic carbocycles. The number of rotatable bonds is 2. The molecule has 0 spiro atoms. The Bertz CT molecular complexity index is 474. The van der Waals surface area contributed by atoms with E-state index in [1.807, 2.05) is 6.08 Å². The molecule has 1 heterocycles. The quantitative estimate of drug-likeness (QED) is 0.561. The summed E-state index contributed by atoms with van der Waals surface area (Å²) in [5, 5.41) is 0. The largest absolute Gasteiger partial charge is 0.361 e. The summed E-state index contributed by atoms with van der Waals surface area (Å²) in [6.07, 6.45) is 6.02. The van der Waals surface area contributed by atoms with E-state index in [2.05, 4.69) is 40.3 Å². The van der Waals surface area contributed by atoms with Gasteiger partial charge in [0.1, 0.15) is 6.10 Å². The Morgan fingerprint density at radius 3 is 2.84 bits per heavy atom. The van der Waals surface area contributed by atoms with Crippen LogP contribution in [-0.4, -0.2) is 18.0 Å². The minimum Gasteiger partial charge on any atom is -0.361 e. The third kappa shape index (κ3) is 1.44. The van der Waals surface area contributed by atoms with Crippen molar-refractivity contribution in [3.63, 3.8) is 0 Å². The lowest BCUT2D eigenvalue weighted by Crippen LogP contribution is -2.58. The van der Waals surface area contributed by atoms with Crippen LogP contribution in [0.3, 0.4) is 0 Å². The molecule has 2 fully saturated rings. The minimum absolute atomic E-state index is 0.0764. The summed E-state index contributed by atoms with van der Waals surface area (Å²) in [6, 6.07) is 0. The van der Waals surface area contributed by atoms with Gasteiger partial charge in [-0.05, 0) is 37.0 Å². The van der Waals surface area contributed by atoms with Gasteiger partial charge in [-0.3, -0.25) is 4.79 Å². The van der Waals surface area contributed by atoms with Gasteiger partial charge in [0.25, 0.3) is 0 Å². The van der Waals surface area contributed by atoms with Crippen molar-refractivity contribution in [3.8, 4) is 0 Å². The Hall–Kier alpha value is -0.890. The van der Waals surface area contributed by atoms with Crippen LogP contribution < -0.4 is 0 Å². The lowest BCUT2D eigenvalue weighted by molar-refractivity contribution is -0.143. The smallest absolute Gasteiger partial charge is 0.171 e. The fourth-order valence-electron chi connectivity index (χ4n) is 4.75. The van der Waals surface area contributed by atoms with E-state index in [1.165, 1.54) is 5.57 Å². The fourth-order valence-corrected chi connectivity index (χ4v) is 4.75. The molecule has 0 amide bonds. The van der Waals surface area contributed by atoms with Gasteiger partial charge >= 0.3 is 0 Å². The first-order valence-corrected chi connectivity index (χ1v) is 7.34. The minimum atomic E-state index is -0.290. The maximum atomic E-state index is 13.0. The van der Waals surface area contributed by atoms with E-state index in [-0.39, 0.29) is 23.0 Å². The first-order valence-electron chi connectivity index (χ1n) is 7.34. The van der Waals surface area contributed by atoms with Crippen LogP contribution in [-0.2, 0) is 9.53 Å². The number of ketones is 1. The summed E-state index contributed by atoms with van der Waals surface area (Å²) in [6.45, 7) is 12.8. The van der Waals surface area contributed by atoms with Crippen LogP contribution in [0.25, 0.3) is 0 Å². The van der Waals surface area contributed by atoms with Crippen molar-refractivity contribution >= 4 is 5.78 Å². The molecule has 2 nitrogen and oxygen atoms in total. The number of carbonyl (C=O) groups is 1. The highest BCUT2D eigenvalue weighted by Gasteiger charge is 2.71. The van der Waals surface area contributed by atoms with E-state index < -0.39 is 0 Å². The van der Waals surface area contributed by atoms with Gasteiger partial charge in [-0.15, -0.1) is 6.58 Å².